The molecule has 1 aliphatic carbocycles. The van der Waals surface area contributed by atoms with Crippen LogP contribution in [0.2, 0.25) is 0 Å². The van der Waals surface area contributed by atoms with Gasteiger partial charge in [0.05, 0.1) is 5.41 Å². The number of rotatable bonds is 6. The van der Waals surface area contributed by atoms with Crippen molar-refractivity contribution in [2.75, 3.05) is 0 Å². The summed E-state index contributed by atoms with van der Waals surface area (Å²) in [6.45, 7) is 0. The van der Waals surface area contributed by atoms with Crippen LogP contribution in [0.3, 0.4) is 0 Å². The fraction of sp³-hybridized carbons (Fsp3) is 0.467. The van der Waals surface area contributed by atoms with Crippen LogP contribution in [0.15, 0.2) is 28.7 Å². The summed E-state index contributed by atoms with van der Waals surface area (Å²) >= 11 is 3.31. The van der Waals surface area contributed by atoms with E-state index in [1.807, 2.05) is 0 Å². The van der Waals surface area contributed by atoms with Gasteiger partial charge in [-0.25, -0.2) is 13.6 Å². The molecule has 0 saturated heterocycles. The van der Waals surface area contributed by atoms with Crippen molar-refractivity contribution in [2.24, 2.45) is 0 Å². The molecule has 4 nitrogen and oxygen atoms in total. The average Bonchev–Trinajstić information content (AvgIpc) is 2.38. The minimum atomic E-state index is -2.79. The Kier molecular flexibility index (Phi) is 5.16. The zero-order chi connectivity index (χ0) is 16.3. The van der Waals surface area contributed by atoms with Gasteiger partial charge in [-0.3, -0.25) is 4.79 Å². The first kappa shape index (κ1) is 16.9. The van der Waals surface area contributed by atoms with Gasteiger partial charge in [-0.2, -0.15) is 0 Å². The molecule has 0 heterocycles. The zero-order valence-electron chi connectivity index (χ0n) is 11.7. The lowest BCUT2D eigenvalue weighted by Crippen LogP contribution is -2.54. The number of aliphatic carboxylic acids is 1. The summed E-state index contributed by atoms with van der Waals surface area (Å²) < 4.78 is 25.7. The van der Waals surface area contributed by atoms with Crippen molar-refractivity contribution in [1.82, 2.24) is 5.32 Å². The Labute approximate surface area is 135 Å². The normalized spacial score (nSPS) is 17.6. The van der Waals surface area contributed by atoms with E-state index in [0.717, 1.165) is 16.5 Å². The lowest BCUT2D eigenvalue weighted by atomic mass is 9.63. The number of halogens is 3. The third-order valence-electron chi connectivity index (χ3n) is 4.06. The Morgan fingerprint density at radius 2 is 1.86 bits per heavy atom. The summed E-state index contributed by atoms with van der Waals surface area (Å²) in [4.78, 5) is 23.5. The van der Waals surface area contributed by atoms with E-state index in [4.69, 9.17) is 5.11 Å². The monoisotopic (exact) mass is 375 g/mol. The molecule has 1 aliphatic rings. The van der Waals surface area contributed by atoms with Gasteiger partial charge in [-0.15, -0.1) is 0 Å². The minimum Gasteiger partial charge on any atom is -0.480 e. The summed E-state index contributed by atoms with van der Waals surface area (Å²) in [6, 6.07) is 5.63. The van der Waals surface area contributed by atoms with E-state index in [2.05, 4.69) is 21.2 Å². The second-order valence-electron chi connectivity index (χ2n) is 5.43. The number of benzene rings is 1. The van der Waals surface area contributed by atoms with E-state index in [-0.39, 0.29) is 0 Å². The molecule has 1 aromatic rings. The molecule has 2 rings (SSSR count). The first-order valence-electron chi connectivity index (χ1n) is 6.93. The number of carboxylic acid groups (broad SMARTS) is 1. The van der Waals surface area contributed by atoms with Gasteiger partial charge in [0.1, 0.15) is 6.04 Å². The summed E-state index contributed by atoms with van der Waals surface area (Å²) in [5, 5.41) is 11.3. The first-order valence-corrected chi connectivity index (χ1v) is 7.72. The highest BCUT2D eigenvalue weighted by atomic mass is 79.9. The van der Waals surface area contributed by atoms with Gasteiger partial charge in [0.15, 0.2) is 0 Å². The van der Waals surface area contributed by atoms with Gasteiger partial charge in [0, 0.05) is 10.9 Å². The molecule has 22 heavy (non-hydrogen) atoms. The molecular weight excluding hydrogens is 360 g/mol. The van der Waals surface area contributed by atoms with Crippen LogP contribution < -0.4 is 5.32 Å². The largest absolute Gasteiger partial charge is 0.480 e. The highest BCUT2D eigenvalue weighted by Gasteiger charge is 2.46. The molecule has 0 spiro atoms. The Morgan fingerprint density at radius 1 is 1.27 bits per heavy atom. The molecule has 0 aromatic heterocycles. The van der Waals surface area contributed by atoms with E-state index in [1.165, 1.54) is 0 Å². The van der Waals surface area contributed by atoms with Crippen molar-refractivity contribution in [3.05, 3.63) is 34.3 Å². The van der Waals surface area contributed by atoms with Gasteiger partial charge < -0.3 is 10.4 Å². The van der Waals surface area contributed by atoms with Crippen LogP contribution >= 0.6 is 15.9 Å². The minimum absolute atomic E-state index is 0.492. The van der Waals surface area contributed by atoms with Crippen molar-refractivity contribution >= 4 is 27.8 Å². The number of hydrogen-bond donors (Lipinski definition) is 2. The van der Waals surface area contributed by atoms with Crippen LogP contribution in [0, 0.1) is 0 Å². The van der Waals surface area contributed by atoms with Crippen LogP contribution in [0.25, 0.3) is 0 Å². The lowest BCUT2D eigenvalue weighted by Gasteiger charge is -2.41. The number of alkyl halides is 2. The molecule has 1 saturated carbocycles. The molecule has 1 aromatic carbocycles. The molecule has 1 amide bonds. The SMILES string of the molecule is O=C(O)C(CC(F)F)NC(=O)C1(c2ccc(Br)cc2)CCC1. The Bertz CT molecular complexity index is 558. The summed E-state index contributed by atoms with van der Waals surface area (Å²) in [6.07, 6.45) is -1.66. The predicted molar refractivity (Wildman–Crippen MR) is 79.9 cm³/mol. The molecule has 7 heteroatoms. The number of amides is 1. The van der Waals surface area contributed by atoms with Crippen LogP contribution in [0.1, 0.15) is 31.2 Å². The second kappa shape index (κ2) is 6.73. The van der Waals surface area contributed by atoms with Crippen molar-refractivity contribution in [3.8, 4) is 0 Å². The van der Waals surface area contributed by atoms with E-state index >= 15 is 0 Å². The highest BCUT2D eigenvalue weighted by molar-refractivity contribution is 9.10. The molecule has 1 fully saturated rings. The molecular formula is C15H16BrF2NO3. The predicted octanol–water partition coefficient (Wildman–Crippen LogP) is 3.10. The molecule has 1 unspecified atom stereocenters. The first-order chi connectivity index (χ1) is 10.3. The van der Waals surface area contributed by atoms with Gasteiger partial charge in [0.25, 0.3) is 0 Å². The van der Waals surface area contributed by atoms with E-state index in [9.17, 15) is 18.4 Å². The number of carboxylic acids is 1. The lowest BCUT2D eigenvalue weighted by molar-refractivity contribution is -0.144. The maximum atomic E-state index is 12.5. The molecule has 0 aliphatic heterocycles. The third kappa shape index (κ3) is 3.45. The highest BCUT2D eigenvalue weighted by Crippen LogP contribution is 2.44. The quantitative estimate of drug-likeness (QED) is 0.802. The summed E-state index contributed by atoms with van der Waals surface area (Å²) in [7, 11) is 0. The zero-order valence-corrected chi connectivity index (χ0v) is 13.3. The molecule has 1 atom stereocenters. The molecule has 120 valence electrons. The Balaban J connectivity index is 2.18. The van der Waals surface area contributed by atoms with E-state index in [0.29, 0.717) is 12.8 Å². The molecule has 0 bridgehead atoms. The number of hydrogen-bond acceptors (Lipinski definition) is 2. The van der Waals surface area contributed by atoms with Crippen molar-refractivity contribution in [3.63, 3.8) is 0 Å². The maximum absolute atomic E-state index is 12.5. The topological polar surface area (TPSA) is 66.4 Å². The summed E-state index contributed by atoms with van der Waals surface area (Å²) in [5.41, 5.74) is -0.0306. The number of nitrogens with one attached hydrogen (secondary N) is 1. The number of carbonyl (C=O) groups excluding carboxylic acids is 1. The third-order valence-corrected chi connectivity index (χ3v) is 4.58. The van der Waals surface area contributed by atoms with Crippen LogP contribution in [-0.4, -0.2) is 29.5 Å². The second-order valence-corrected chi connectivity index (χ2v) is 6.35. The van der Waals surface area contributed by atoms with Gasteiger partial charge in [0.2, 0.25) is 12.3 Å². The average molecular weight is 376 g/mol. The van der Waals surface area contributed by atoms with E-state index in [1.54, 1.807) is 24.3 Å². The smallest absolute Gasteiger partial charge is 0.326 e. The van der Waals surface area contributed by atoms with Crippen LogP contribution in [0.4, 0.5) is 8.78 Å². The molecule has 2 N–H and O–H groups in total. The maximum Gasteiger partial charge on any atom is 0.326 e. The van der Waals surface area contributed by atoms with Crippen LogP contribution in [-0.2, 0) is 15.0 Å². The van der Waals surface area contributed by atoms with E-state index < -0.39 is 36.2 Å². The number of carbonyl (C=O) groups is 2. The van der Waals surface area contributed by atoms with Gasteiger partial charge in [-0.05, 0) is 30.5 Å². The van der Waals surface area contributed by atoms with Gasteiger partial charge in [-0.1, -0.05) is 34.5 Å². The van der Waals surface area contributed by atoms with Gasteiger partial charge >= 0.3 is 5.97 Å². The standard InChI is InChI=1S/C15H16BrF2NO3/c16-10-4-2-9(3-5-10)15(6-1-7-15)14(22)19-11(13(20)21)8-12(17)18/h2-5,11-12H,1,6-8H2,(H,19,22)(H,20,21). The fourth-order valence-corrected chi connectivity index (χ4v) is 2.91. The summed E-state index contributed by atoms with van der Waals surface area (Å²) in [5.74, 6) is -1.94. The Morgan fingerprint density at radius 3 is 2.27 bits per heavy atom. The van der Waals surface area contributed by atoms with Crippen molar-refractivity contribution in [1.29, 1.82) is 0 Å². The molecule has 0 radical (unpaired) electrons. The van der Waals surface area contributed by atoms with Crippen molar-refractivity contribution in [2.45, 2.75) is 43.6 Å². The van der Waals surface area contributed by atoms with Crippen molar-refractivity contribution < 1.29 is 23.5 Å². The van der Waals surface area contributed by atoms with Crippen LogP contribution in [0.5, 0.6) is 0 Å². The Hall–Kier alpha value is -1.50. The fourth-order valence-electron chi connectivity index (χ4n) is 2.64.